The summed E-state index contributed by atoms with van der Waals surface area (Å²) in [5.41, 5.74) is 2.17. The van der Waals surface area contributed by atoms with Crippen molar-refractivity contribution in [2.24, 2.45) is 0 Å². The molecule has 19 heavy (non-hydrogen) atoms. The summed E-state index contributed by atoms with van der Waals surface area (Å²) >= 11 is 0. The van der Waals surface area contributed by atoms with Crippen LogP contribution in [0.5, 0.6) is 0 Å². The van der Waals surface area contributed by atoms with Crippen molar-refractivity contribution >= 4 is 0 Å². The topological polar surface area (TPSA) is 24.9 Å². The quantitative estimate of drug-likeness (QED) is 0.908. The van der Waals surface area contributed by atoms with Gasteiger partial charge in [-0.25, -0.2) is 0 Å². The zero-order chi connectivity index (χ0) is 13.9. The lowest BCUT2D eigenvalue weighted by Gasteiger charge is -2.31. The molecule has 2 rings (SSSR count). The summed E-state index contributed by atoms with van der Waals surface area (Å²) in [6.45, 7) is 0. The molecular formula is C14H19F3N2. The number of nitrogens with zero attached hydrogens (tertiary/aromatic N) is 1. The Bertz CT molecular complexity index is 417. The lowest BCUT2D eigenvalue weighted by molar-refractivity contribution is -0.136. The number of aromatic nitrogens is 1. The minimum absolute atomic E-state index is 0.0947. The molecule has 1 aromatic heterocycles. The Kier molecular flexibility index (Phi) is 4.45. The van der Waals surface area contributed by atoms with Gasteiger partial charge in [-0.3, -0.25) is 4.98 Å². The van der Waals surface area contributed by atoms with E-state index < -0.39 is 12.6 Å². The average Bonchev–Trinajstić information content (AvgIpc) is 2.38. The molecule has 0 saturated carbocycles. The van der Waals surface area contributed by atoms with Crippen molar-refractivity contribution in [3.63, 3.8) is 0 Å². The van der Waals surface area contributed by atoms with E-state index in [0.29, 0.717) is 0 Å². The van der Waals surface area contributed by atoms with Gasteiger partial charge in [-0.1, -0.05) is 6.07 Å². The number of alkyl halides is 3. The largest absolute Gasteiger partial charge is 0.389 e. The van der Waals surface area contributed by atoms with Crippen LogP contribution in [0.4, 0.5) is 13.2 Å². The summed E-state index contributed by atoms with van der Waals surface area (Å²) < 4.78 is 37.1. The van der Waals surface area contributed by atoms with Crippen LogP contribution in [0.15, 0.2) is 18.3 Å². The second kappa shape index (κ2) is 5.90. The van der Waals surface area contributed by atoms with Gasteiger partial charge in [0.15, 0.2) is 0 Å². The van der Waals surface area contributed by atoms with Gasteiger partial charge in [0.25, 0.3) is 0 Å². The number of likely N-dealkylation sites (N-methyl/N-ethyl adjacent to an activating group) is 1. The lowest BCUT2D eigenvalue weighted by Crippen LogP contribution is -2.35. The van der Waals surface area contributed by atoms with Gasteiger partial charge in [0.2, 0.25) is 0 Å². The summed E-state index contributed by atoms with van der Waals surface area (Å²) in [5, 5.41) is 3.05. The molecule has 1 heterocycles. The number of pyridine rings is 1. The number of hydrogen-bond donors (Lipinski definition) is 1. The van der Waals surface area contributed by atoms with Gasteiger partial charge in [0.05, 0.1) is 0 Å². The van der Waals surface area contributed by atoms with E-state index in [9.17, 15) is 13.2 Å². The third-order valence-corrected chi connectivity index (χ3v) is 3.83. The number of nitrogens with one attached hydrogen (secondary N) is 1. The van der Waals surface area contributed by atoms with Crippen molar-refractivity contribution in [1.29, 1.82) is 0 Å². The normalized spacial score (nSPS) is 20.9. The molecule has 1 aromatic rings. The molecule has 0 amide bonds. The Hall–Kier alpha value is -1.10. The number of fused-ring (bicyclic) bond motifs is 1. The third kappa shape index (κ3) is 3.69. The highest BCUT2D eigenvalue weighted by Gasteiger charge is 2.33. The van der Waals surface area contributed by atoms with E-state index in [4.69, 9.17) is 0 Å². The molecule has 2 nitrogen and oxygen atoms in total. The number of rotatable bonds is 4. The van der Waals surface area contributed by atoms with Crippen molar-refractivity contribution in [1.82, 2.24) is 10.3 Å². The van der Waals surface area contributed by atoms with Crippen LogP contribution in [0.3, 0.4) is 0 Å². The smallest absolute Gasteiger partial charge is 0.316 e. The average molecular weight is 272 g/mol. The molecular weight excluding hydrogens is 253 g/mol. The predicted octanol–water partition coefficient (Wildman–Crippen LogP) is 3.43. The number of hydrogen-bond acceptors (Lipinski definition) is 2. The summed E-state index contributed by atoms with van der Waals surface area (Å²) in [5.74, 6) is 0.0947. The van der Waals surface area contributed by atoms with Gasteiger partial charge < -0.3 is 5.32 Å². The van der Waals surface area contributed by atoms with Crippen LogP contribution in [-0.4, -0.2) is 24.2 Å². The van der Waals surface area contributed by atoms with E-state index in [2.05, 4.69) is 10.3 Å². The van der Waals surface area contributed by atoms with Crippen LogP contribution in [0.2, 0.25) is 0 Å². The molecule has 0 spiro atoms. The molecule has 2 atom stereocenters. The first-order chi connectivity index (χ1) is 9.01. The van der Waals surface area contributed by atoms with Crippen molar-refractivity contribution in [2.75, 3.05) is 7.05 Å². The minimum atomic E-state index is -4.09. The van der Waals surface area contributed by atoms with Gasteiger partial charge in [0.1, 0.15) is 0 Å². The molecule has 0 fully saturated rings. The Morgan fingerprint density at radius 3 is 2.95 bits per heavy atom. The van der Waals surface area contributed by atoms with Crippen LogP contribution < -0.4 is 5.32 Å². The van der Waals surface area contributed by atoms with Crippen LogP contribution in [0.1, 0.15) is 42.9 Å². The van der Waals surface area contributed by atoms with Gasteiger partial charge in [0, 0.05) is 30.3 Å². The molecule has 2 unspecified atom stereocenters. The summed E-state index contributed by atoms with van der Waals surface area (Å²) in [6, 6.07) is 3.77. The maximum Gasteiger partial charge on any atom is 0.389 e. The maximum absolute atomic E-state index is 12.4. The molecule has 0 bridgehead atoms. The molecule has 1 N–H and O–H groups in total. The maximum atomic E-state index is 12.4. The Morgan fingerprint density at radius 1 is 1.47 bits per heavy atom. The molecule has 0 aliphatic heterocycles. The van der Waals surface area contributed by atoms with Crippen LogP contribution >= 0.6 is 0 Å². The number of aryl methyl sites for hydroxylation is 1. The van der Waals surface area contributed by atoms with Gasteiger partial charge in [-0.15, -0.1) is 0 Å². The first-order valence-electron chi connectivity index (χ1n) is 6.69. The van der Waals surface area contributed by atoms with E-state index in [1.165, 1.54) is 5.56 Å². The fourth-order valence-electron chi connectivity index (χ4n) is 2.90. The van der Waals surface area contributed by atoms with Crippen molar-refractivity contribution in [3.8, 4) is 0 Å². The van der Waals surface area contributed by atoms with E-state index in [0.717, 1.165) is 25.0 Å². The lowest BCUT2D eigenvalue weighted by atomic mass is 9.80. The fourth-order valence-corrected chi connectivity index (χ4v) is 2.90. The van der Waals surface area contributed by atoms with Gasteiger partial charge in [-0.2, -0.15) is 13.2 Å². The highest BCUT2D eigenvalue weighted by atomic mass is 19.4. The highest BCUT2D eigenvalue weighted by molar-refractivity contribution is 5.27. The molecule has 0 saturated heterocycles. The van der Waals surface area contributed by atoms with Gasteiger partial charge >= 0.3 is 6.18 Å². The monoisotopic (exact) mass is 272 g/mol. The van der Waals surface area contributed by atoms with Crippen LogP contribution in [0.25, 0.3) is 0 Å². The molecule has 5 heteroatoms. The first-order valence-corrected chi connectivity index (χ1v) is 6.69. The molecule has 0 radical (unpaired) electrons. The van der Waals surface area contributed by atoms with Crippen molar-refractivity contribution < 1.29 is 13.2 Å². The molecule has 0 aromatic carbocycles. The van der Waals surface area contributed by atoms with E-state index >= 15 is 0 Å². The Labute approximate surface area is 111 Å². The molecule has 106 valence electrons. The van der Waals surface area contributed by atoms with Gasteiger partial charge in [-0.05, 0) is 44.4 Å². The van der Waals surface area contributed by atoms with E-state index in [1.54, 1.807) is 13.2 Å². The first kappa shape index (κ1) is 14.3. The predicted molar refractivity (Wildman–Crippen MR) is 68.1 cm³/mol. The fraction of sp³-hybridized carbons (Fsp3) is 0.643. The van der Waals surface area contributed by atoms with E-state index in [-0.39, 0.29) is 18.4 Å². The van der Waals surface area contributed by atoms with Crippen LogP contribution in [0, 0.1) is 0 Å². The summed E-state index contributed by atoms with van der Waals surface area (Å²) in [6.07, 6.45) is -0.0709. The van der Waals surface area contributed by atoms with Crippen molar-refractivity contribution in [2.45, 2.75) is 50.2 Å². The zero-order valence-corrected chi connectivity index (χ0v) is 11.0. The Balaban J connectivity index is 2.11. The Morgan fingerprint density at radius 2 is 2.26 bits per heavy atom. The second-order valence-electron chi connectivity index (χ2n) is 5.10. The molecule has 1 aliphatic rings. The standard InChI is InChI=1S/C14H19F3N2/c1-18-12(7-8-14(15,16)17)11-6-2-4-10-5-3-9-19-13(10)11/h3,5,9,11-12,18H,2,4,6-8H2,1H3. The second-order valence-corrected chi connectivity index (χ2v) is 5.10. The van der Waals surface area contributed by atoms with Crippen molar-refractivity contribution in [3.05, 3.63) is 29.6 Å². The summed E-state index contributed by atoms with van der Waals surface area (Å²) in [4.78, 5) is 4.39. The highest BCUT2D eigenvalue weighted by Crippen LogP contribution is 2.35. The SMILES string of the molecule is CNC(CCC(F)(F)F)C1CCCc2cccnc21. The van der Waals surface area contributed by atoms with Crippen LogP contribution in [-0.2, 0) is 6.42 Å². The minimum Gasteiger partial charge on any atom is -0.316 e. The van der Waals surface area contributed by atoms with E-state index in [1.807, 2.05) is 12.1 Å². The summed E-state index contributed by atoms with van der Waals surface area (Å²) in [7, 11) is 1.73. The third-order valence-electron chi connectivity index (χ3n) is 3.83. The molecule has 1 aliphatic carbocycles. The zero-order valence-electron chi connectivity index (χ0n) is 11.0. The number of halogens is 3.